The fourth-order valence-corrected chi connectivity index (χ4v) is 2.25. The maximum atomic E-state index is 12.0. The van der Waals surface area contributed by atoms with E-state index >= 15 is 0 Å². The van der Waals surface area contributed by atoms with E-state index in [0.717, 1.165) is 4.47 Å². The highest BCUT2D eigenvalue weighted by Crippen LogP contribution is 2.17. The molecule has 20 heavy (non-hydrogen) atoms. The molecular formula is C14H17BrN2O3. The predicted octanol–water partition coefficient (Wildman–Crippen LogP) is 2.40. The normalized spacial score (nSPS) is 18.6. The highest BCUT2D eigenvalue weighted by atomic mass is 79.9. The summed E-state index contributed by atoms with van der Waals surface area (Å²) in [7, 11) is 0. The topological polar surface area (TPSA) is 58.6 Å². The number of carbonyl (C=O) groups is 2. The molecule has 1 aliphatic heterocycles. The number of ether oxygens (including phenoxy) is 1. The summed E-state index contributed by atoms with van der Waals surface area (Å²) in [5.74, 6) is 0.619. The summed E-state index contributed by atoms with van der Waals surface area (Å²) in [5.41, 5.74) is 0. The van der Waals surface area contributed by atoms with E-state index in [0.29, 0.717) is 5.75 Å². The van der Waals surface area contributed by atoms with Crippen LogP contribution in [0.25, 0.3) is 0 Å². The van der Waals surface area contributed by atoms with Gasteiger partial charge in [-0.1, -0.05) is 29.8 Å². The van der Waals surface area contributed by atoms with E-state index in [4.69, 9.17) is 4.74 Å². The van der Waals surface area contributed by atoms with Gasteiger partial charge in [-0.2, -0.15) is 0 Å². The first-order valence-corrected chi connectivity index (χ1v) is 7.28. The third-order valence-electron chi connectivity index (χ3n) is 3.12. The molecule has 108 valence electrons. The zero-order chi connectivity index (χ0) is 14.7. The molecule has 1 atom stereocenters. The van der Waals surface area contributed by atoms with Crippen LogP contribution in [0.1, 0.15) is 13.8 Å². The van der Waals surface area contributed by atoms with Gasteiger partial charge in [0.05, 0.1) is 6.54 Å². The largest absolute Gasteiger partial charge is 0.492 e. The standard InChI is InChI=1S/C14H17BrN2O3/c1-9(2)12-13(18)17(14(19)16-12)7-8-20-11-5-3-10(15)4-6-11/h3-6,9,12H,7-8H2,1-2H3,(H,16,19)/t12-/m0/s1. The van der Waals surface area contributed by atoms with Crippen molar-refractivity contribution in [2.75, 3.05) is 13.2 Å². The van der Waals surface area contributed by atoms with Crippen LogP contribution in [-0.2, 0) is 4.79 Å². The molecule has 1 heterocycles. The van der Waals surface area contributed by atoms with Crippen LogP contribution < -0.4 is 10.1 Å². The molecule has 0 radical (unpaired) electrons. The molecule has 1 N–H and O–H groups in total. The first kappa shape index (κ1) is 14.8. The van der Waals surface area contributed by atoms with Crippen molar-refractivity contribution in [3.8, 4) is 5.75 Å². The fourth-order valence-electron chi connectivity index (χ4n) is 1.99. The third-order valence-corrected chi connectivity index (χ3v) is 3.65. The Kier molecular flexibility index (Phi) is 4.65. The number of hydrogen-bond acceptors (Lipinski definition) is 3. The molecule has 0 aromatic heterocycles. The summed E-state index contributed by atoms with van der Waals surface area (Å²) in [6.45, 7) is 4.35. The average molecular weight is 341 g/mol. The minimum absolute atomic E-state index is 0.0869. The lowest BCUT2D eigenvalue weighted by molar-refractivity contribution is -0.128. The van der Waals surface area contributed by atoms with Gasteiger partial charge < -0.3 is 10.1 Å². The molecule has 2 rings (SSSR count). The Morgan fingerprint density at radius 3 is 2.50 bits per heavy atom. The smallest absolute Gasteiger partial charge is 0.324 e. The van der Waals surface area contributed by atoms with Crippen molar-refractivity contribution in [3.63, 3.8) is 0 Å². The molecule has 1 aromatic carbocycles. The number of urea groups is 1. The van der Waals surface area contributed by atoms with Crippen LogP contribution in [0.3, 0.4) is 0 Å². The first-order chi connectivity index (χ1) is 9.49. The molecule has 3 amide bonds. The van der Waals surface area contributed by atoms with Crippen molar-refractivity contribution in [3.05, 3.63) is 28.7 Å². The van der Waals surface area contributed by atoms with Gasteiger partial charge in [-0.25, -0.2) is 4.79 Å². The molecule has 1 aromatic rings. The van der Waals surface area contributed by atoms with Gasteiger partial charge in [0.25, 0.3) is 5.91 Å². The van der Waals surface area contributed by atoms with Crippen LogP contribution in [0.2, 0.25) is 0 Å². The van der Waals surface area contributed by atoms with Gasteiger partial charge in [-0.05, 0) is 30.2 Å². The monoisotopic (exact) mass is 340 g/mol. The molecule has 0 saturated carbocycles. The van der Waals surface area contributed by atoms with Crippen molar-refractivity contribution < 1.29 is 14.3 Å². The maximum Gasteiger partial charge on any atom is 0.324 e. The second-order valence-electron chi connectivity index (χ2n) is 4.96. The van der Waals surface area contributed by atoms with Crippen LogP contribution >= 0.6 is 15.9 Å². The lowest BCUT2D eigenvalue weighted by atomic mass is 10.1. The Hall–Kier alpha value is -1.56. The molecule has 5 nitrogen and oxygen atoms in total. The number of halogens is 1. The molecule has 0 unspecified atom stereocenters. The maximum absolute atomic E-state index is 12.0. The SMILES string of the molecule is CC(C)[C@@H]1NC(=O)N(CCOc2ccc(Br)cc2)C1=O. The summed E-state index contributed by atoms with van der Waals surface area (Å²) < 4.78 is 6.49. The Balaban J connectivity index is 1.86. The van der Waals surface area contributed by atoms with Gasteiger partial charge >= 0.3 is 6.03 Å². The van der Waals surface area contributed by atoms with Gasteiger partial charge in [0.15, 0.2) is 0 Å². The zero-order valence-corrected chi connectivity index (χ0v) is 13.0. The Bertz CT molecular complexity index is 502. The van der Waals surface area contributed by atoms with Crippen LogP contribution in [0.15, 0.2) is 28.7 Å². The Morgan fingerprint density at radius 2 is 1.95 bits per heavy atom. The van der Waals surface area contributed by atoms with Crippen molar-refractivity contribution in [2.24, 2.45) is 5.92 Å². The second-order valence-corrected chi connectivity index (χ2v) is 5.88. The highest BCUT2D eigenvalue weighted by Gasteiger charge is 2.39. The lowest BCUT2D eigenvalue weighted by Crippen LogP contribution is -2.36. The second kappa shape index (κ2) is 6.26. The summed E-state index contributed by atoms with van der Waals surface area (Å²) >= 11 is 3.34. The van der Waals surface area contributed by atoms with Crippen LogP contribution in [-0.4, -0.2) is 36.0 Å². The van der Waals surface area contributed by atoms with E-state index in [1.807, 2.05) is 38.1 Å². The molecule has 1 aliphatic rings. The quantitative estimate of drug-likeness (QED) is 0.837. The van der Waals surface area contributed by atoms with Gasteiger partial charge in [-0.15, -0.1) is 0 Å². The number of imide groups is 1. The van der Waals surface area contributed by atoms with E-state index in [2.05, 4.69) is 21.2 Å². The molecule has 1 fully saturated rings. The number of hydrogen-bond donors (Lipinski definition) is 1. The highest BCUT2D eigenvalue weighted by molar-refractivity contribution is 9.10. The summed E-state index contributed by atoms with van der Waals surface area (Å²) in [6, 6.07) is 6.64. The minimum atomic E-state index is -0.421. The molecule has 0 bridgehead atoms. The third kappa shape index (κ3) is 3.30. The molecule has 0 spiro atoms. The van der Waals surface area contributed by atoms with Gasteiger partial charge in [0.2, 0.25) is 0 Å². The van der Waals surface area contributed by atoms with Crippen LogP contribution in [0, 0.1) is 5.92 Å². The number of amides is 3. The van der Waals surface area contributed by atoms with E-state index in [-0.39, 0.29) is 31.0 Å². The first-order valence-electron chi connectivity index (χ1n) is 6.49. The van der Waals surface area contributed by atoms with Gasteiger partial charge in [0.1, 0.15) is 18.4 Å². The molecular weight excluding hydrogens is 324 g/mol. The predicted molar refractivity (Wildman–Crippen MR) is 78.5 cm³/mol. The van der Waals surface area contributed by atoms with Gasteiger partial charge in [0, 0.05) is 4.47 Å². The molecule has 1 saturated heterocycles. The van der Waals surface area contributed by atoms with E-state index in [1.165, 1.54) is 4.90 Å². The molecule has 6 heteroatoms. The number of benzene rings is 1. The molecule has 0 aliphatic carbocycles. The fraction of sp³-hybridized carbons (Fsp3) is 0.429. The lowest BCUT2D eigenvalue weighted by Gasteiger charge is -2.14. The minimum Gasteiger partial charge on any atom is -0.492 e. The van der Waals surface area contributed by atoms with Crippen molar-refractivity contribution in [1.29, 1.82) is 0 Å². The number of nitrogens with zero attached hydrogens (tertiary/aromatic N) is 1. The van der Waals surface area contributed by atoms with Crippen LogP contribution in [0.4, 0.5) is 4.79 Å². The number of rotatable bonds is 5. The van der Waals surface area contributed by atoms with Crippen molar-refractivity contribution >= 4 is 27.9 Å². The van der Waals surface area contributed by atoms with Crippen LogP contribution in [0.5, 0.6) is 5.75 Å². The van der Waals surface area contributed by atoms with Crippen molar-refractivity contribution in [2.45, 2.75) is 19.9 Å². The summed E-state index contributed by atoms with van der Waals surface area (Å²) in [4.78, 5) is 25.0. The number of carbonyl (C=O) groups excluding carboxylic acids is 2. The average Bonchev–Trinajstić information content (AvgIpc) is 2.69. The van der Waals surface area contributed by atoms with E-state index in [1.54, 1.807) is 0 Å². The number of nitrogens with one attached hydrogen (secondary N) is 1. The Labute approximate surface area is 126 Å². The Morgan fingerprint density at radius 1 is 1.30 bits per heavy atom. The summed E-state index contributed by atoms with van der Waals surface area (Å²) in [5, 5.41) is 2.68. The van der Waals surface area contributed by atoms with Crippen molar-refractivity contribution in [1.82, 2.24) is 10.2 Å². The van der Waals surface area contributed by atoms with Gasteiger partial charge in [-0.3, -0.25) is 9.69 Å². The zero-order valence-electron chi connectivity index (χ0n) is 11.4. The van der Waals surface area contributed by atoms with E-state index < -0.39 is 6.04 Å². The van der Waals surface area contributed by atoms with E-state index in [9.17, 15) is 9.59 Å². The summed E-state index contributed by atoms with van der Waals surface area (Å²) in [6.07, 6.45) is 0.